The Kier molecular flexibility index (Phi) is 5.82. The first-order valence-electron chi connectivity index (χ1n) is 8.60. The van der Waals surface area contributed by atoms with Crippen LogP contribution in [0.5, 0.6) is 5.75 Å². The van der Waals surface area contributed by atoms with E-state index in [2.05, 4.69) is 32.9 Å². The van der Waals surface area contributed by atoms with Gasteiger partial charge in [0.05, 0.1) is 0 Å². The van der Waals surface area contributed by atoms with E-state index in [9.17, 15) is 4.79 Å². The molecule has 2 rings (SSSR count). The van der Waals surface area contributed by atoms with Crippen molar-refractivity contribution < 1.29 is 9.53 Å². The number of unbranched alkanes of at least 4 members (excludes halogenated alkanes) is 3. The SMILES string of the molecule is CCCCCCC1=C(C(C)=O)Cc2cc(CC)cc(C)c2O1. The van der Waals surface area contributed by atoms with Gasteiger partial charge in [0.2, 0.25) is 0 Å². The zero-order chi connectivity index (χ0) is 16.1. The summed E-state index contributed by atoms with van der Waals surface area (Å²) in [7, 11) is 0. The van der Waals surface area contributed by atoms with E-state index in [1.54, 1.807) is 6.92 Å². The number of hydrogen-bond donors (Lipinski definition) is 0. The molecule has 1 aliphatic heterocycles. The first-order chi connectivity index (χ1) is 10.6. The van der Waals surface area contributed by atoms with Gasteiger partial charge in [-0.3, -0.25) is 4.79 Å². The summed E-state index contributed by atoms with van der Waals surface area (Å²) in [6.45, 7) is 8.13. The van der Waals surface area contributed by atoms with Crippen molar-refractivity contribution in [1.82, 2.24) is 0 Å². The fourth-order valence-corrected chi connectivity index (χ4v) is 3.12. The lowest BCUT2D eigenvalue weighted by Gasteiger charge is -2.25. The van der Waals surface area contributed by atoms with Gasteiger partial charge in [-0.15, -0.1) is 0 Å². The van der Waals surface area contributed by atoms with Crippen molar-refractivity contribution in [1.29, 1.82) is 0 Å². The van der Waals surface area contributed by atoms with E-state index in [4.69, 9.17) is 4.74 Å². The van der Waals surface area contributed by atoms with E-state index in [-0.39, 0.29) is 5.78 Å². The topological polar surface area (TPSA) is 26.3 Å². The third kappa shape index (κ3) is 3.79. The summed E-state index contributed by atoms with van der Waals surface area (Å²) < 4.78 is 6.18. The highest BCUT2D eigenvalue weighted by atomic mass is 16.5. The lowest BCUT2D eigenvalue weighted by atomic mass is 9.92. The number of fused-ring (bicyclic) bond motifs is 1. The van der Waals surface area contributed by atoms with Crippen LogP contribution in [-0.2, 0) is 17.6 Å². The number of hydrogen-bond acceptors (Lipinski definition) is 2. The third-order valence-corrected chi connectivity index (χ3v) is 4.43. The van der Waals surface area contributed by atoms with E-state index in [1.165, 1.54) is 36.0 Å². The van der Waals surface area contributed by atoms with E-state index in [0.717, 1.165) is 42.8 Å². The maximum atomic E-state index is 12.0. The van der Waals surface area contributed by atoms with Crippen LogP contribution in [-0.4, -0.2) is 5.78 Å². The summed E-state index contributed by atoms with van der Waals surface area (Å²) in [6.07, 6.45) is 7.39. The number of Topliss-reactive ketones (excluding diaryl/α,β-unsaturated/α-hetero) is 1. The Bertz CT molecular complexity index is 582. The fraction of sp³-hybridized carbons (Fsp3) is 0.550. The summed E-state index contributed by atoms with van der Waals surface area (Å²) >= 11 is 0. The second-order valence-electron chi connectivity index (χ2n) is 6.30. The maximum Gasteiger partial charge on any atom is 0.159 e. The second kappa shape index (κ2) is 7.62. The first kappa shape index (κ1) is 16.8. The molecule has 1 aromatic rings. The summed E-state index contributed by atoms with van der Waals surface area (Å²) in [4.78, 5) is 12.0. The van der Waals surface area contributed by atoms with E-state index >= 15 is 0 Å². The van der Waals surface area contributed by atoms with Gasteiger partial charge in [0.25, 0.3) is 0 Å². The number of carbonyl (C=O) groups is 1. The molecule has 22 heavy (non-hydrogen) atoms. The lowest BCUT2D eigenvalue weighted by Crippen LogP contribution is -2.16. The zero-order valence-corrected chi connectivity index (χ0v) is 14.4. The highest BCUT2D eigenvalue weighted by Gasteiger charge is 2.24. The molecule has 0 spiro atoms. The fourth-order valence-electron chi connectivity index (χ4n) is 3.12. The number of benzene rings is 1. The Morgan fingerprint density at radius 2 is 1.95 bits per heavy atom. The predicted molar refractivity (Wildman–Crippen MR) is 91.4 cm³/mol. The molecule has 0 saturated heterocycles. The third-order valence-electron chi connectivity index (χ3n) is 4.43. The number of rotatable bonds is 7. The molecule has 0 saturated carbocycles. The minimum Gasteiger partial charge on any atom is -0.461 e. The van der Waals surface area contributed by atoms with Gasteiger partial charge in [0.15, 0.2) is 5.78 Å². The van der Waals surface area contributed by atoms with Gasteiger partial charge in [-0.1, -0.05) is 45.2 Å². The van der Waals surface area contributed by atoms with Crippen molar-refractivity contribution in [2.24, 2.45) is 0 Å². The molecule has 0 bridgehead atoms. The summed E-state index contributed by atoms with van der Waals surface area (Å²) in [6, 6.07) is 4.39. The lowest BCUT2D eigenvalue weighted by molar-refractivity contribution is -0.113. The summed E-state index contributed by atoms with van der Waals surface area (Å²) in [5, 5.41) is 0. The van der Waals surface area contributed by atoms with Crippen LogP contribution in [0, 0.1) is 6.92 Å². The summed E-state index contributed by atoms with van der Waals surface area (Å²) in [5.41, 5.74) is 4.54. The van der Waals surface area contributed by atoms with Crippen LogP contribution in [0.25, 0.3) is 0 Å². The molecule has 1 heterocycles. The van der Waals surface area contributed by atoms with Gasteiger partial charge < -0.3 is 4.74 Å². The monoisotopic (exact) mass is 300 g/mol. The van der Waals surface area contributed by atoms with Gasteiger partial charge >= 0.3 is 0 Å². The maximum absolute atomic E-state index is 12.0. The molecule has 1 aliphatic rings. The van der Waals surface area contributed by atoms with E-state index < -0.39 is 0 Å². The molecular formula is C20H28O2. The van der Waals surface area contributed by atoms with E-state index in [1.807, 2.05) is 0 Å². The number of ether oxygens (including phenoxy) is 1. The van der Waals surface area contributed by atoms with Crippen LogP contribution >= 0.6 is 0 Å². The van der Waals surface area contributed by atoms with Gasteiger partial charge in [-0.2, -0.15) is 0 Å². The largest absolute Gasteiger partial charge is 0.461 e. The normalized spacial score (nSPS) is 13.8. The molecule has 0 N–H and O–H groups in total. The molecule has 0 atom stereocenters. The highest BCUT2D eigenvalue weighted by molar-refractivity contribution is 5.94. The van der Waals surface area contributed by atoms with Crippen molar-refractivity contribution in [2.75, 3.05) is 0 Å². The van der Waals surface area contributed by atoms with Crippen LogP contribution in [0.2, 0.25) is 0 Å². The number of allylic oxidation sites excluding steroid dienone is 2. The molecule has 0 aliphatic carbocycles. The van der Waals surface area contributed by atoms with Gasteiger partial charge in [-0.05, 0) is 43.4 Å². The van der Waals surface area contributed by atoms with Crippen LogP contribution < -0.4 is 4.74 Å². The molecule has 1 aromatic carbocycles. The minimum absolute atomic E-state index is 0.149. The highest BCUT2D eigenvalue weighted by Crippen LogP contribution is 2.36. The average Bonchev–Trinajstić information content (AvgIpc) is 2.50. The van der Waals surface area contributed by atoms with Crippen LogP contribution in [0.15, 0.2) is 23.5 Å². The molecule has 0 fully saturated rings. The number of carbonyl (C=O) groups excluding carboxylic acids is 1. The van der Waals surface area contributed by atoms with Crippen molar-refractivity contribution >= 4 is 5.78 Å². The molecule has 0 unspecified atom stereocenters. The Hall–Kier alpha value is -1.57. The average molecular weight is 300 g/mol. The number of aryl methyl sites for hydroxylation is 2. The van der Waals surface area contributed by atoms with Crippen molar-refractivity contribution in [3.63, 3.8) is 0 Å². The van der Waals surface area contributed by atoms with Crippen molar-refractivity contribution in [3.8, 4) is 5.75 Å². The van der Waals surface area contributed by atoms with Crippen LogP contribution in [0.1, 0.15) is 69.6 Å². The van der Waals surface area contributed by atoms with Crippen LogP contribution in [0.3, 0.4) is 0 Å². The quantitative estimate of drug-likeness (QED) is 0.638. The molecular weight excluding hydrogens is 272 g/mol. The Labute approximate surface area is 134 Å². The van der Waals surface area contributed by atoms with Gasteiger partial charge in [-0.25, -0.2) is 0 Å². The van der Waals surface area contributed by atoms with Crippen molar-refractivity contribution in [3.05, 3.63) is 40.2 Å². The Morgan fingerprint density at radius 3 is 2.59 bits per heavy atom. The Balaban J connectivity index is 2.24. The van der Waals surface area contributed by atoms with Gasteiger partial charge in [0, 0.05) is 18.4 Å². The number of ketones is 1. The van der Waals surface area contributed by atoms with E-state index in [0.29, 0.717) is 0 Å². The first-order valence-corrected chi connectivity index (χ1v) is 8.60. The van der Waals surface area contributed by atoms with Crippen molar-refractivity contribution in [2.45, 2.75) is 72.6 Å². The second-order valence-corrected chi connectivity index (χ2v) is 6.30. The molecule has 0 radical (unpaired) electrons. The smallest absolute Gasteiger partial charge is 0.159 e. The molecule has 2 nitrogen and oxygen atoms in total. The predicted octanol–water partition coefficient (Wildman–Crippen LogP) is 5.31. The standard InChI is InChI=1S/C20H28O2/c1-5-7-8-9-10-19-18(15(4)21)13-17-12-16(6-2)11-14(3)20(17)22-19/h11-12H,5-10,13H2,1-4H3. The summed E-state index contributed by atoms with van der Waals surface area (Å²) in [5.74, 6) is 2.03. The molecule has 0 amide bonds. The zero-order valence-electron chi connectivity index (χ0n) is 14.4. The Morgan fingerprint density at radius 1 is 1.18 bits per heavy atom. The minimum atomic E-state index is 0.149. The van der Waals surface area contributed by atoms with Crippen LogP contribution in [0.4, 0.5) is 0 Å². The molecule has 120 valence electrons. The van der Waals surface area contributed by atoms with Gasteiger partial charge in [0.1, 0.15) is 11.5 Å². The molecule has 0 aromatic heterocycles. The molecule has 2 heteroatoms.